The molecule has 0 fully saturated rings. The number of aryl methyl sites for hydroxylation is 1. The molecule has 114 valence electrons. The summed E-state index contributed by atoms with van der Waals surface area (Å²) in [5, 5.41) is 2.92. The highest BCUT2D eigenvalue weighted by Gasteiger charge is 2.28. The minimum Gasteiger partial charge on any atom is -0.493 e. The standard InChI is InChI=1S/C18H19NO3/c1-11-4-6-12(7-5-11)13-9-18(20)19-15-10-17(22-3)16(21-2)8-14(13)15/h4-8,10,13H,9H2,1-3H3,(H,19,20)/t13-/m1/s1. The first-order valence-electron chi connectivity index (χ1n) is 7.24. The Morgan fingerprint density at radius 1 is 1.05 bits per heavy atom. The summed E-state index contributed by atoms with van der Waals surface area (Å²) >= 11 is 0. The van der Waals surface area contributed by atoms with Gasteiger partial charge in [-0.3, -0.25) is 4.79 Å². The van der Waals surface area contributed by atoms with Gasteiger partial charge in [0.25, 0.3) is 0 Å². The third-order valence-electron chi connectivity index (χ3n) is 4.07. The molecule has 1 aliphatic heterocycles. The monoisotopic (exact) mass is 297 g/mol. The Hall–Kier alpha value is -2.49. The molecule has 0 unspecified atom stereocenters. The van der Waals surface area contributed by atoms with E-state index in [0.717, 1.165) is 16.8 Å². The largest absolute Gasteiger partial charge is 0.493 e. The van der Waals surface area contributed by atoms with Crippen LogP contribution in [-0.4, -0.2) is 20.1 Å². The highest BCUT2D eigenvalue weighted by atomic mass is 16.5. The lowest BCUT2D eigenvalue weighted by molar-refractivity contribution is -0.116. The van der Waals surface area contributed by atoms with Crippen molar-refractivity contribution in [1.82, 2.24) is 0 Å². The number of amides is 1. The van der Waals surface area contributed by atoms with Gasteiger partial charge in [-0.05, 0) is 24.1 Å². The zero-order chi connectivity index (χ0) is 15.7. The van der Waals surface area contributed by atoms with E-state index in [2.05, 4.69) is 36.5 Å². The Morgan fingerprint density at radius 3 is 2.32 bits per heavy atom. The molecular formula is C18H19NO3. The molecule has 0 bridgehead atoms. The van der Waals surface area contributed by atoms with E-state index in [-0.39, 0.29) is 11.8 Å². The fourth-order valence-electron chi connectivity index (χ4n) is 2.88. The topological polar surface area (TPSA) is 47.6 Å². The molecule has 0 aromatic heterocycles. The molecule has 1 N–H and O–H groups in total. The summed E-state index contributed by atoms with van der Waals surface area (Å²) in [7, 11) is 3.21. The van der Waals surface area contributed by atoms with Gasteiger partial charge >= 0.3 is 0 Å². The molecule has 4 nitrogen and oxygen atoms in total. The molecule has 2 aromatic rings. The second-order valence-corrected chi connectivity index (χ2v) is 5.51. The van der Waals surface area contributed by atoms with E-state index in [0.29, 0.717) is 17.9 Å². The van der Waals surface area contributed by atoms with Crippen molar-refractivity contribution >= 4 is 11.6 Å². The maximum absolute atomic E-state index is 12.0. The van der Waals surface area contributed by atoms with Crippen molar-refractivity contribution in [3.05, 3.63) is 53.1 Å². The van der Waals surface area contributed by atoms with E-state index in [1.165, 1.54) is 5.56 Å². The maximum atomic E-state index is 12.0. The number of carbonyl (C=O) groups is 1. The van der Waals surface area contributed by atoms with E-state index in [9.17, 15) is 4.79 Å². The average Bonchev–Trinajstić information content (AvgIpc) is 2.53. The van der Waals surface area contributed by atoms with Gasteiger partial charge in [0.05, 0.1) is 14.2 Å². The number of methoxy groups -OCH3 is 2. The second-order valence-electron chi connectivity index (χ2n) is 5.51. The normalized spacial score (nSPS) is 16.7. The van der Waals surface area contributed by atoms with Crippen LogP contribution in [0.15, 0.2) is 36.4 Å². The summed E-state index contributed by atoms with van der Waals surface area (Å²) in [6.07, 6.45) is 0.436. The summed E-state index contributed by atoms with van der Waals surface area (Å²) in [5.41, 5.74) is 4.19. The lowest BCUT2D eigenvalue weighted by atomic mass is 9.84. The molecule has 1 atom stereocenters. The van der Waals surface area contributed by atoms with E-state index < -0.39 is 0 Å². The smallest absolute Gasteiger partial charge is 0.225 e. The molecule has 0 radical (unpaired) electrons. The Balaban J connectivity index is 2.11. The number of nitrogens with one attached hydrogen (secondary N) is 1. The van der Waals surface area contributed by atoms with E-state index >= 15 is 0 Å². The van der Waals surface area contributed by atoms with Crippen LogP contribution in [0.25, 0.3) is 0 Å². The molecule has 4 heteroatoms. The second kappa shape index (κ2) is 5.72. The van der Waals surface area contributed by atoms with Crippen LogP contribution in [0.1, 0.15) is 29.0 Å². The Labute approximate surface area is 130 Å². The lowest BCUT2D eigenvalue weighted by Crippen LogP contribution is -2.23. The van der Waals surface area contributed by atoms with Crippen LogP contribution in [0.4, 0.5) is 5.69 Å². The molecule has 0 aliphatic carbocycles. The van der Waals surface area contributed by atoms with Gasteiger partial charge in [-0.15, -0.1) is 0 Å². The first kappa shape index (κ1) is 14.4. The van der Waals surface area contributed by atoms with Gasteiger partial charge in [-0.1, -0.05) is 29.8 Å². The van der Waals surface area contributed by atoms with Gasteiger partial charge in [0, 0.05) is 24.1 Å². The van der Waals surface area contributed by atoms with Crippen LogP contribution >= 0.6 is 0 Å². The number of hydrogen-bond acceptors (Lipinski definition) is 3. The van der Waals surface area contributed by atoms with Gasteiger partial charge in [-0.2, -0.15) is 0 Å². The van der Waals surface area contributed by atoms with Crippen LogP contribution in [0.3, 0.4) is 0 Å². The molecule has 0 saturated heterocycles. The van der Waals surface area contributed by atoms with Gasteiger partial charge in [0.2, 0.25) is 5.91 Å². The predicted molar refractivity (Wildman–Crippen MR) is 85.8 cm³/mol. The summed E-state index contributed by atoms with van der Waals surface area (Å²) in [6, 6.07) is 12.1. The molecule has 1 amide bonds. The summed E-state index contributed by atoms with van der Waals surface area (Å²) < 4.78 is 10.7. The SMILES string of the molecule is COc1cc2c(cc1OC)[C@@H](c1ccc(C)cc1)CC(=O)N2. The number of anilines is 1. The van der Waals surface area contributed by atoms with Crippen molar-refractivity contribution in [3.8, 4) is 11.5 Å². The Kier molecular flexibility index (Phi) is 3.75. The zero-order valence-corrected chi connectivity index (χ0v) is 13.0. The van der Waals surface area contributed by atoms with Crippen molar-refractivity contribution in [2.75, 3.05) is 19.5 Å². The van der Waals surface area contributed by atoms with E-state index in [4.69, 9.17) is 9.47 Å². The number of rotatable bonds is 3. The van der Waals surface area contributed by atoms with Crippen molar-refractivity contribution in [1.29, 1.82) is 0 Å². The molecule has 1 heterocycles. The van der Waals surface area contributed by atoms with Gasteiger partial charge in [-0.25, -0.2) is 0 Å². The van der Waals surface area contributed by atoms with Crippen LogP contribution in [0, 0.1) is 6.92 Å². The quantitative estimate of drug-likeness (QED) is 0.943. The number of benzene rings is 2. The van der Waals surface area contributed by atoms with Gasteiger partial charge in [0.15, 0.2) is 11.5 Å². The van der Waals surface area contributed by atoms with Gasteiger partial charge < -0.3 is 14.8 Å². The first-order chi connectivity index (χ1) is 10.6. The molecular weight excluding hydrogens is 278 g/mol. The Bertz CT molecular complexity index is 707. The third-order valence-corrected chi connectivity index (χ3v) is 4.07. The zero-order valence-electron chi connectivity index (χ0n) is 13.0. The van der Waals surface area contributed by atoms with Crippen LogP contribution in [0.2, 0.25) is 0 Å². The van der Waals surface area contributed by atoms with Crippen molar-refractivity contribution < 1.29 is 14.3 Å². The molecule has 2 aromatic carbocycles. The summed E-state index contributed by atoms with van der Waals surface area (Å²) in [6.45, 7) is 2.05. The number of ether oxygens (including phenoxy) is 2. The Morgan fingerprint density at radius 2 is 1.68 bits per heavy atom. The minimum atomic E-state index is 0.0188. The minimum absolute atomic E-state index is 0.0188. The maximum Gasteiger partial charge on any atom is 0.225 e. The van der Waals surface area contributed by atoms with E-state index in [1.54, 1.807) is 14.2 Å². The molecule has 0 saturated carbocycles. The van der Waals surface area contributed by atoms with Crippen LogP contribution in [-0.2, 0) is 4.79 Å². The van der Waals surface area contributed by atoms with Crippen molar-refractivity contribution in [3.63, 3.8) is 0 Å². The van der Waals surface area contributed by atoms with Crippen molar-refractivity contribution in [2.45, 2.75) is 19.3 Å². The fraction of sp³-hybridized carbons (Fsp3) is 0.278. The molecule has 0 spiro atoms. The predicted octanol–water partition coefficient (Wildman–Crippen LogP) is 3.49. The molecule has 22 heavy (non-hydrogen) atoms. The number of fused-ring (bicyclic) bond motifs is 1. The highest BCUT2D eigenvalue weighted by molar-refractivity contribution is 5.96. The number of hydrogen-bond donors (Lipinski definition) is 1. The summed E-state index contributed by atoms with van der Waals surface area (Å²) in [5.74, 6) is 1.34. The first-order valence-corrected chi connectivity index (χ1v) is 7.24. The average molecular weight is 297 g/mol. The third kappa shape index (κ3) is 2.52. The number of carbonyl (C=O) groups excluding carboxylic acids is 1. The molecule has 3 rings (SSSR count). The molecule has 1 aliphatic rings. The van der Waals surface area contributed by atoms with Crippen LogP contribution < -0.4 is 14.8 Å². The van der Waals surface area contributed by atoms with Crippen molar-refractivity contribution in [2.24, 2.45) is 0 Å². The highest BCUT2D eigenvalue weighted by Crippen LogP contribution is 2.42. The van der Waals surface area contributed by atoms with Crippen LogP contribution in [0.5, 0.6) is 11.5 Å². The van der Waals surface area contributed by atoms with E-state index in [1.807, 2.05) is 12.1 Å². The summed E-state index contributed by atoms with van der Waals surface area (Å²) in [4.78, 5) is 12.0. The lowest BCUT2D eigenvalue weighted by Gasteiger charge is -2.27. The fourth-order valence-corrected chi connectivity index (χ4v) is 2.88. The van der Waals surface area contributed by atoms with Gasteiger partial charge in [0.1, 0.15) is 0 Å².